The normalized spacial score (nSPS) is 18.2. The van der Waals surface area contributed by atoms with Gasteiger partial charge in [-0.15, -0.1) is 0 Å². The van der Waals surface area contributed by atoms with Crippen molar-refractivity contribution in [2.45, 2.75) is 136 Å². The summed E-state index contributed by atoms with van der Waals surface area (Å²) in [7, 11) is 1.52. The summed E-state index contributed by atoms with van der Waals surface area (Å²) in [6.45, 7) is 29.7. The van der Waals surface area contributed by atoms with Gasteiger partial charge in [0.2, 0.25) is 0 Å². The van der Waals surface area contributed by atoms with E-state index in [0.29, 0.717) is 6.32 Å². The molecule has 0 saturated carbocycles. The van der Waals surface area contributed by atoms with Gasteiger partial charge in [0.1, 0.15) is 5.60 Å². The molecule has 1 fully saturated rings. The van der Waals surface area contributed by atoms with Crippen LogP contribution in [0.3, 0.4) is 0 Å². The molecule has 1 aliphatic heterocycles. The summed E-state index contributed by atoms with van der Waals surface area (Å²) in [5.41, 5.74) is 4.62. The van der Waals surface area contributed by atoms with Gasteiger partial charge in [-0.25, -0.2) is 0 Å². The van der Waals surface area contributed by atoms with Crippen molar-refractivity contribution in [3.63, 3.8) is 0 Å². The minimum absolute atomic E-state index is 0.0219. The lowest BCUT2D eigenvalue weighted by Crippen LogP contribution is -2.49. The fraction of sp³-hybridized carbons (Fsp3) is 0.636. The molecule has 3 aromatic rings. The number of nitrogens with one attached hydrogen (secondary N) is 1. The lowest BCUT2D eigenvalue weighted by atomic mass is 9.76. The second-order valence-corrected chi connectivity index (χ2v) is 15.9. The molecule has 0 unspecified atom stereocenters. The molecule has 1 aliphatic rings. The highest BCUT2D eigenvalue weighted by Crippen LogP contribution is 2.40. The van der Waals surface area contributed by atoms with E-state index in [2.05, 4.69) is 98.5 Å². The number of rotatable bonds is 6. The van der Waals surface area contributed by atoms with Gasteiger partial charge in [0, 0.05) is 42.0 Å². The summed E-state index contributed by atoms with van der Waals surface area (Å²) >= 11 is 0. The van der Waals surface area contributed by atoms with Gasteiger partial charge in [-0.3, -0.25) is 0 Å². The van der Waals surface area contributed by atoms with Crippen LogP contribution < -0.4 is 5.46 Å². The van der Waals surface area contributed by atoms with Gasteiger partial charge in [-0.1, -0.05) is 53.7 Å². The number of benzene rings is 2. The zero-order valence-corrected chi connectivity index (χ0v) is 27.4. The molecule has 5 nitrogen and oxygen atoms in total. The third kappa shape index (κ3) is 5.77. The van der Waals surface area contributed by atoms with Crippen LogP contribution in [-0.2, 0) is 31.1 Å². The van der Waals surface area contributed by atoms with E-state index in [4.69, 9.17) is 19.1 Å². The second-order valence-electron chi connectivity index (χ2n) is 15.9. The largest absolute Gasteiger partial charge is 0.462 e. The number of hydrogen-bond donors (Lipinski definition) is 1. The quantitative estimate of drug-likeness (QED) is 0.278. The first-order valence-corrected chi connectivity index (χ1v) is 14.7. The van der Waals surface area contributed by atoms with Crippen molar-refractivity contribution in [1.29, 1.82) is 0 Å². The van der Waals surface area contributed by atoms with Crippen molar-refractivity contribution in [2.24, 2.45) is 0 Å². The van der Waals surface area contributed by atoms with Crippen molar-refractivity contribution >= 4 is 41.9 Å². The standard InChI is InChI=1S/C33H50B2NO4/c1-28(2,3)21-15-20(19-35-39-32(11,12)33(13,14)40-35)26-23(16-21)24-17-22(29(4,5)6)18-25(27(24)36-26)34-38-31(9,10)30(7,8)37/h15-18,36-37H,19H2,1-14H3/p+1. The number of H-pyrrole nitrogens is 1. The zero-order chi connectivity index (χ0) is 30.3. The van der Waals surface area contributed by atoms with E-state index in [1.165, 1.54) is 27.5 Å². The maximum Gasteiger partial charge on any atom is 0.462 e. The molecule has 4 rings (SSSR count). The summed E-state index contributed by atoms with van der Waals surface area (Å²) in [5.74, 6) is 0. The van der Waals surface area contributed by atoms with Gasteiger partial charge in [-0.05, 0) is 86.7 Å². The van der Waals surface area contributed by atoms with Crippen molar-refractivity contribution in [3.8, 4) is 0 Å². The molecular weight excluding hydrogens is 496 g/mol. The Kier molecular flexibility index (Phi) is 7.49. The SMILES string of the molecule is CC(C)(C)c1cc([B]OC(C)(C)C(C)(C)[OH2+])c2[nH]c3c(CB4OC(C)(C)C(C)(C)O4)cc(C(C)(C)C)cc3c2c1. The summed E-state index contributed by atoms with van der Waals surface area (Å²) in [4.78, 5) is 3.79. The Morgan fingerprint density at radius 1 is 0.775 bits per heavy atom. The average molecular weight is 547 g/mol. The van der Waals surface area contributed by atoms with E-state index in [1.807, 2.05) is 35.2 Å². The first-order chi connectivity index (χ1) is 17.9. The Hall–Kier alpha value is -1.79. The monoisotopic (exact) mass is 547 g/mol. The van der Waals surface area contributed by atoms with Gasteiger partial charge >= 0.3 is 14.6 Å². The van der Waals surface area contributed by atoms with E-state index in [9.17, 15) is 0 Å². The molecule has 0 amide bonds. The Morgan fingerprint density at radius 3 is 1.73 bits per heavy atom. The van der Waals surface area contributed by atoms with Crippen LogP contribution in [0.5, 0.6) is 0 Å². The Labute approximate surface area is 243 Å². The van der Waals surface area contributed by atoms with Crippen LogP contribution in [-0.4, -0.2) is 47.1 Å². The maximum absolute atomic E-state index is 8.59. The van der Waals surface area contributed by atoms with Crippen molar-refractivity contribution < 1.29 is 19.1 Å². The molecule has 1 saturated heterocycles. The van der Waals surface area contributed by atoms with E-state index >= 15 is 0 Å². The molecule has 0 spiro atoms. The molecule has 0 aliphatic carbocycles. The molecule has 3 N–H and O–H groups in total. The van der Waals surface area contributed by atoms with Crippen molar-refractivity contribution in [1.82, 2.24) is 4.98 Å². The molecule has 1 aromatic heterocycles. The van der Waals surface area contributed by atoms with Gasteiger partial charge in [0.25, 0.3) is 0 Å². The third-order valence-electron chi connectivity index (χ3n) is 9.34. The lowest BCUT2D eigenvalue weighted by molar-refractivity contribution is -0.0893. The highest BCUT2D eigenvalue weighted by atomic mass is 16.7. The van der Waals surface area contributed by atoms with E-state index < -0.39 is 11.2 Å². The molecule has 2 aromatic carbocycles. The predicted octanol–water partition coefficient (Wildman–Crippen LogP) is 6.63. The third-order valence-corrected chi connectivity index (χ3v) is 9.34. The summed E-state index contributed by atoms with van der Waals surface area (Å²) < 4.78 is 19.2. The first-order valence-electron chi connectivity index (χ1n) is 14.7. The molecule has 1 radical (unpaired) electrons. The summed E-state index contributed by atoms with van der Waals surface area (Å²) in [6.07, 6.45) is 0.655. The highest BCUT2D eigenvalue weighted by molar-refractivity contribution is 6.52. The minimum Gasteiger partial charge on any atom is -0.439 e. The zero-order valence-electron chi connectivity index (χ0n) is 27.4. The lowest BCUT2D eigenvalue weighted by Gasteiger charge is -2.33. The van der Waals surface area contributed by atoms with E-state index in [-0.39, 0.29) is 29.2 Å². The predicted molar refractivity (Wildman–Crippen MR) is 171 cm³/mol. The molecule has 217 valence electrons. The average Bonchev–Trinajstić information content (AvgIpc) is 3.23. The summed E-state index contributed by atoms with van der Waals surface area (Å²) in [5, 5.41) is 11.0. The first kappa shape index (κ1) is 31.2. The van der Waals surface area contributed by atoms with E-state index in [1.54, 1.807) is 0 Å². The Balaban J connectivity index is 1.92. The van der Waals surface area contributed by atoms with Crippen LogP contribution in [0.25, 0.3) is 21.8 Å². The maximum atomic E-state index is 8.59. The van der Waals surface area contributed by atoms with Crippen molar-refractivity contribution in [3.05, 3.63) is 41.0 Å². The van der Waals surface area contributed by atoms with Crippen LogP contribution in [0.4, 0.5) is 0 Å². The molecule has 0 atom stereocenters. The van der Waals surface area contributed by atoms with Gasteiger partial charge in [0.15, 0.2) is 5.60 Å². The van der Waals surface area contributed by atoms with Crippen LogP contribution in [0.15, 0.2) is 24.3 Å². The van der Waals surface area contributed by atoms with E-state index in [0.717, 1.165) is 16.5 Å². The number of fused-ring (bicyclic) bond motifs is 3. The molecular formula is C33H51B2NO4+. The number of hydrogen-bond acceptors (Lipinski definition) is 3. The number of aromatic nitrogens is 1. The van der Waals surface area contributed by atoms with Crippen LogP contribution in [0.2, 0.25) is 0 Å². The summed E-state index contributed by atoms with van der Waals surface area (Å²) in [6, 6.07) is 9.22. The fourth-order valence-electron chi connectivity index (χ4n) is 4.91. The smallest absolute Gasteiger partial charge is 0.439 e. The van der Waals surface area contributed by atoms with Crippen molar-refractivity contribution in [2.75, 3.05) is 0 Å². The molecule has 7 heteroatoms. The minimum atomic E-state index is -0.762. The van der Waals surface area contributed by atoms with Crippen LogP contribution in [0, 0.1) is 0 Å². The second kappa shape index (κ2) is 9.62. The van der Waals surface area contributed by atoms with Crippen LogP contribution in [0.1, 0.15) is 114 Å². The fourth-order valence-corrected chi connectivity index (χ4v) is 4.91. The topological polar surface area (TPSA) is 66.4 Å². The Bertz CT molecular complexity index is 1400. The highest BCUT2D eigenvalue weighted by Gasteiger charge is 2.51. The molecule has 0 bridgehead atoms. The number of aromatic amines is 1. The Morgan fingerprint density at radius 2 is 1.25 bits per heavy atom. The van der Waals surface area contributed by atoms with Crippen LogP contribution >= 0.6 is 0 Å². The molecule has 2 heterocycles. The van der Waals surface area contributed by atoms with Gasteiger partial charge in [0.05, 0.1) is 11.2 Å². The van der Waals surface area contributed by atoms with Gasteiger partial charge < -0.3 is 24.1 Å². The molecule has 40 heavy (non-hydrogen) atoms. The van der Waals surface area contributed by atoms with Gasteiger partial charge in [-0.2, -0.15) is 0 Å².